The second kappa shape index (κ2) is 9.47. The minimum Gasteiger partial charge on any atom is -0.490 e. The van der Waals surface area contributed by atoms with Crippen LogP contribution in [0.2, 0.25) is 5.02 Å². The third kappa shape index (κ3) is 5.40. The maximum absolute atomic E-state index is 13.1. The van der Waals surface area contributed by atoms with Gasteiger partial charge < -0.3 is 14.8 Å². The van der Waals surface area contributed by atoms with Crippen LogP contribution in [0.25, 0.3) is 0 Å². The molecule has 146 valence electrons. The number of hydrogen-bond donors (Lipinski definition) is 1. The second-order valence-electron chi connectivity index (χ2n) is 6.48. The smallest absolute Gasteiger partial charge is 0.180 e. The van der Waals surface area contributed by atoms with Gasteiger partial charge in [0.1, 0.15) is 12.4 Å². The van der Waals surface area contributed by atoms with Gasteiger partial charge >= 0.3 is 0 Å². The van der Waals surface area contributed by atoms with Gasteiger partial charge in [-0.15, -0.1) is 0 Å². The van der Waals surface area contributed by atoms with Crippen LogP contribution in [0.4, 0.5) is 10.1 Å². The van der Waals surface area contributed by atoms with Crippen molar-refractivity contribution in [2.24, 2.45) is 0 Å². The summed E-state index contributed by atoms with van der Waals surface area (Å²) in [4.78, 5) is 0. The van der Waals surface area contributed by atoms with Crippen molar-refractivity contribution in [3.8, 4) is 11.5 Å². The third-order valence-corrected chi connectivity index (χ3v) is 4.46. The lowest BCUT2D eigenvalue weighted by atomic mass is 10.1. The van der Waals surface area contributed by atoms with E-state index in [9.17, 15) is 4.39 Å². The number of anilines is 1. The van der Waals surface area contributed by atoms with Gasteiger partial charge in [0.15, 0.2) is 11.5 Å². The summed E-state index contributed by atoms with van der Waals surface area (Å²) in [6, 6.07) is 18.2. The summed E-state index contributed by atoms with van der Waals surface area (Å²) in [5.74, 6) is 0.813. The highest BCUT2D eigenvalue weighted by molar-refractivity contribution is 6.32. The molecular weight excluding hydrogens is 377 g/mol. The molecule has 0 radical (unpaired) electrons. The first-order chi connectivity index (χ1) is 13.5. The van der Waals surface area contributed by atoms with E-state index in [1.807, 2.05) is 31.2 Å². The molecule has 0 amide bonds. The molecule has 28 heavy (non-hydrogen) atoms. The van der Waals surface area contributed by atoms with Gasteiger partial charge in [0.2, 0.25) is 0 Å². The summed E-state index contributed by atoms with van der Waals surface area (Å²) < 4.78 is 24.7. The number of ether oxygens (including phenoxy) is 2. The first kappa shape index (κ1) is 20.0. The van der Waals surface area contributed by atoms with Crippen molar-refractivity contribution in [1.29, 1.82) is 0 Å². The fraction of sp³-hybridized carbons (Fsp3) is 0.217. The Kier molecular flexibility index (Phi) is 6.77. The highest BCUT2D eigenvalue weighted by atomic mass is 35.5. The van der Waals surface area contributed by atoms with Crippen molar-refractivity contribution in [3.05, 3.63) is 88.2 Å². The summed E-state index contributed by atoms with van der Waals surface area (Å²) in [5, 5.41) is 3.87. The molecule has 3 aromatic rings. The molecule has 0 aliphatic heterocycles. The first-order valence-corrected chi connectivity index (χ1v) is 9.56. The van der Waals surface area contributed by atoms with Gasteiger partial charge in [0.25, 0.3) is 0 Å². The average molecular weight is 400 g/mol. The fourth-order valence-electron chi connectivity index (χ4n) is 2.82. The molecule has 0 saturated carbocycles. The molecule has 1 N–H and O–H groups in total. The topological polar surface area (TPSA) is 30.5 Å². The van der Waals surface area contributed by atoms with Crippen molar-refractivity contribution in [2.75, 3.05) is 11.9 Å². The van der Waals surface area contributed by atoms with Crippen molar-refractivity contribution in [3.63, 3.8) is 0 Å². The highest BCUT2D eigenvalue weighted by Gasteiger charge is 2.13. The summed E-state index contributed by atoms with van der Waals surface area (Å²) >= 11 is 6.48. The molecule has 0 bridgehead atoms. The van der Waals surface area contributed by atoms with E-state index in [1.54, 1.807) is 12.1 Å². The van der Waals surface area contributed by atoms with Gasteiger partial charge in [0, 0.05) is 12.2 Å². The van der Waals surface area contributed by atoms with Crippen molar-refractivity contribution in [2.45, 2.75) is 27.0 Å². The maximum atomic E-state index is 13.1. The van der Waals surface area contributed by atoms with Crippen LogP contribution in [0, 0.1) is 12.7 Å². The molecule has 0 aromatic heterocycles. The molecule has 0 heterocycles. The maximum Gasteiger partial charge on any atom is 0.180 e. The fourth-order valence-corrected chi connectivity index (χ4v) is 3.11. The Morgan fingerprint density at radius 2 is 1.75 bits per heavy atom. The van der Waals surface area contributed by atoms with E-state index in [0.29, 0.717) is 29.7 Å². The van der Waals surface area contributed by atoms with Crippen LogP contribution in [0.1, 0.15) is 23.6 Å². The zero-order valence-electron chi connectivity index (χ0n) is 16.0. The summed E-state index contributed by atoms with van der Waals surface area (Å²) in [5.41, 5.74) is 4.09. The van der Waals surface area contributed by atoms with Crippen LogP contribution in [0.15, 0.2) is 60.7 Å². The lowest BCUT2D eigenvalue weighted by molar-refractivity contribution is 0.269. The van der Waals surface area contributed by atoms with Crippen LogP contribution in [-0.4, -0.2) is 6.61 Å². The van der Waals surface area contributed by atoms with Gasteiger partial charge in [-0.05, 0) is 66.9 Å². The Bertz CT molecular complexity index is 928. The van der Waals surface area contributed by atoms with Gasteiger partial charge in [-0.25, -0.2) is 4.39 Å². The molecule has 0 fully saturated rings. The number of rotatable bonds is 8. The SMILES string of the molecule is CCOc1cc(CNc2cccc(C)c2)cc(Cl)c1OCc1ccc(F)cc1. The predicted molar refractivity (Wildman–Crippen MR) is 112 cm³/mol. The van der Waals surface area contributed by atoms with E-state index in [2.05, 4.69) is 24.4 Å². The van der Waals surface area contributed by atoms with E-state index in [1.165, 1.54) is 17.7 Å². The Labute approximate surface area is 170 Å². The van der Waals surface area contributed by atoms with Crippen molar-refractivity contribution >= 4 is 17.3 Å². The third-order valence-electron chi connectivity index (χ3n) is 4.18. The molecule has 0 aliphatic carbocycles. The van der Waals surface area contributed by atoms with Gasteiger partial charge in [-0.3, -0.25) is 0 Å². The summed E-state index contributed by atoms with van der Waals surface area (Å²) in [6.45, 7) is 5.36. The number of hydrogen-bond acceptors (Lipinski definition) is 3. The Hall–Kier alpha value is -2.72. The Balaban J connectivity index is 1.74. The van der Waals surface area contributed by atoms with E-state index >= 15 is 0 Å². The summed E-state index contributed by atoms with van der Waals surface area (Å²) in [6.07, 6.45) is 0. The van der Waals surface area contributed by atoms with E-state index in [4.69, 9.17) is 21.1 Å². The monoisotopic (exact) mass is 399 g/mol. The lowest BCUT2D eigenvalue weighted by Gasteiger charge is -2.16. The van der Waals surface area contributed by atoms with Crippen LogP contribution in [0.3, 0.4) is 0 Å². The minimum absolute atomic E-state index is 0.276. The van der Waals surface area contributed by atoms with Gasteiger partial charge in [-0.2, -0.15) is 0 Å². The van der Waals surface area contributed by atoms with Gasteiger partial charge in [-0.1, -0.05) is 35.9 Å². The molecule has 0 spiro atoms. The molecule has 0 atom stereocenters. The van der Waals surface area contributed by atoms with Crippen LogP contribution in [-0.2, 0) is 13.2 Å². The number of nitrogens with one attached hydrogen (secondary N) is 1. The molecular formula is C23H23ClFNO2. The van der Waals surface area contributed by atoms with Crippen molar-refractivity contribution < 1.29 is 13.9 Å². The Morgan fingerprint density at radius 1 is 0.964 bits per heavy atom. The van der Waals surface area contributed by atoms with Crippen molar-refractivity contribution in [1.82, 2.24) is 0 Å². The Morgan fingerprint density at radius 3 is 2.46 bits per heavy atom. The largest absolute Gasteiger partial charge is 0.490 e. The van der Waals surface area contributed by atoms with E-state index in [0.717, 1.165) is 16.8 Å². The molecule has 0 unspecified atom stereocenters. The molecule has 3 rings (SSSR count). The van der Waals surface area contributed by atoms with E-state index in [-0.39, 0.29) is 12.4 Å². The average Bonchev–Trinajstić information content (AvgIpc) is 2.67. The molecule has 0 saturated heterocycles. The second-order valence-corrected chi connectivity index (χ2v) is 6.88. The highest BCUT2D eigenvalue weighted by Crippen LogP contribution is 2.37. The standard InChI is InChI=1S/C23H23ClFNO2/c1-3-27-22-13-18(14-26-20-6-4-5-16(2)11-20)12-21(24)23(22)28-15-17-7-9-19(25)10-8-17/h4-13,26H,3,14-15H2,1-2H3. The molecule has 3 aromatic carbocycles. The number of aryl methyl sites for hydroxylation is 1. The number of benzene rings is 3. The van der Waals surface area contributed by atoms with E-state index < -0.39 is 0 Å². The zero-order valence-corrected chi connectivity index (χ0v) is 16.7. The first-order valence-electron chi connectivity index (χ1n) is 9.18. The number of halogens is 2. The lowest BCUT2D eigenvalue weighted by Crippen LogP contribution is -2.04. The van der Waals surface area contributed by atoms with Gasteiger partial charge in [0.05, 0.1) is 11.6 Å². The summed E-state index contributed by atoms with van der Waals surface area (Å²) in [7, 11) is 0. The normalized spacial score (nSPS) is 10.6. The molecule has 5 heteroatoms. The predicted octanol–water partition coefficient (Wildman–Crippen LogP) is 6.38. The minimum atomic E-state index is -0.276. The molecule has 0 aliphatic rings. The van der Waals surface area contributed by atoms with Crippen LogP contribution in [0.5, 0.6) is 11.5 Å². The van der Waals surface area contributed by atoms with Crippen LogP contribution >= 0.6 is 11.6 Å². The molecule has 3 nitrogen and oxygen atoms in total. The zero-order chi connectivity index (χ0) is 19.9. The quantitative estimate of drug-likeness (QED) is 0.477. The van der Waals surface area contributed by atoms with Crippen LogP contribution < -0.4 is 14.8 Å².